The minimum atomic E-state index is -0.765. The summed E-state index contributed by atoms with van der Waals surface area (Å²) in [7, 11) is 2.37. The van der Waals surface area contributed by atoms with Crippen LogP contribution in [0.3, 0.4) is 0 Å². The van der Waals surface area contributed by atoms with E-state index in [1.54, 1.807) is 30.3 Å². The summed E-state index contributed by atoms with van der Waals surface area (Å²) in [6.45, 7) is 0. The number of benzene rings is 2. The molecular formula is C21H16N4O6. The molecule has 0 saturated heterocycles. The van der Waals surface area contributed by atoms with Crippen LogP contribution in [0.2, 0.25) is 0 Å². The van der Waals surface area contributed by atoms with Crippen molar-refractivity contribution in [2.45, 2.75) is 0 Å². The Morgan fingerprint density at radius 3 is 2.39 bits per heavy atom. The van der Waals surface area contributed by atoms with E-state index in [9.17, 15) is 14.4 Å². The van der Waals surface area contributed by atoms with Crippen LogP contribution in [0.25, 0.3) is 27.7 Å². The second-order valence-electron chi connectivity index (χ2n) is 6.35. The van der Waals surface area contributed by atoms with Crippen LogP contribution in [0.15, 0.2) is 69.5 Å². The highest BCUT2D eigenvalue weighted by Crippen LogP contribution is 2.21. The molecule has 0 spiro atoms. The van der Waals surface area contributed by atoms with Crippen molar-refractivity contribution in [3.8, 4) is 5.69 Å². The monoisotopic (exact) mass is 420 g/mol. The molecule has 10 heteroatoms. The number of rotatable bonds is 5. The molecule has 10 nitrogen and oxygen atoms in total. The number of hydrogen-bond donors (Lipinski definition) is 1. The molecule has 0 aliphatic rings. The van der Waals surface area contributed by atoms with E-state index in [4.69, 9.17) is 4.42 Å². The van der Waals surface area contributed by atoms with Crippen LogP contribution < -0.4 is 10.9 Å². The van der Waals surface area contributed by atoms with Gasteiger partial charge in [0.15, 0.2) is 5.69 Å². The number of anilines is 1. The number of nitrogens with zero attached hydrogens (tertiary/aromatic N) is 3. The number of aromatic nitrogens is 3. The molecule has 0 amide bonds. The van der Waals surface area contributed by atoms with Crippen molar-refractivity contribution in [1.29, 1.82) is 0 Å². The quantitative estimate of drug-likeness (QED) is 0.294. The standard InChI is InChI=1S/C21H16N4O6/c1-29-19(26)11-16(20(27)30-2)22-13-8-7-12-9-17(21(28)31-18(12)10-13)25-23-14-5-3-4-6-15(14)24-25/h3-11,22H,1-2H3/b16-11+. The Morgan fingerprint density at radius 1 is 1.03 bits per heavy atom. The average Bonchev–Trinajstić information content (AvgIpc) is 3.21. The normalized spacial score (nSPS) is 11.5. The second kappa shape index (κ2) is 8.11. The van der Waals surface area contributed by atoms with Crippen LogP contribution >= 0.6 is 0 Å². The lowest BCUT2D eigenvalue weighted by atomic mass is 10.2. The van der Waals surface area contributed by atoms with Gasteiger partial charge in [-0.05, 0) is 30.3 Å². The molecule has 0 bridgehead atoms. The molecule has 0 atom stereocenters. The molecule has 0 radical (unpaired) electrons. The topological polar surface area (TPSA) is 126 Å². The van der Waals surface area contributed by atoms with E-state index in [-0.39, 0.29) is 17.0 Å². The molecule has 2 aromatic carbocycles. The van der Waals surface area contributed by atoms with Gasteiger partial charge in [0.25, 0.3) is 0 Å². The summed E-state index contributed by atoms with van der Waals surface area (Å²) in [5.74, 6) is -1.50. The minimum absolute atomic E-state index is 0.139. The Hall–Kier alpha value is -4.47. The van der Waals surface area contributed by atoms with E-state index in [1.807, 2.05) is 12.1 Å². The molecule has 4 aromatic rings. The third kappa shape index (κ3) is 3.99. The first-order chi connectivity index (χ1) is 15.0. The number of carbonyl (C=O) groups excluding carboxylic acids is 2. The number of carbonyl (C=O) groups is 2. The van der Waals surface area contributed by atoms with Crippen molar-refractivity contribution < 1.29 is 23.5 Å². The van der Waals surface area contributed by atoms with Gasteiger partial charge in [0, 0.05) is 17.1 Å². The highest BCUT2D eigenvalue weighted by Gasteiger charge is 2.15. The van der Waals surface area contributed by atoms with Crippen LogP contribution in [0, 0.1) is 0 Å². The second-order valence-corrected chi connectivity index (χ2v) is 6.35. The van der Waals surface area contributed by atoms with Crippen molar-refractivity contribution in [1.82, 2.24) is 15.0 Å². The summed E-state index contributed by atoms with van der Waals surface area (Å²) in [5, 5.41) is 12.0. The lowest BCUT2D eigenvalue weighted by Gasteiger charge is -2.10. The fourth-order valence-corrected chi connectivity index (χ4v) is 2.87. The smallest absolute Gasteiger partial charge is 0.364 e. The van der Waals surface area contributed by atoms with E-state index in [0.29, 0.717) is 22.1 Å². The van der Waals surface area contributed by atoms with Gasteiger partial charge in [0.05, 0.1) is 20.3 Å². The molecule has 4 rings (SSSR count). The highest BCUT2D eigenvalue weighted by atomic mass is 16.5. The fraction of sp³-hybridized carbons (Fsp3) is 0.0952. The summed E-state index contributed by atoms with van der Waals surface area (Å²) in [6.07, 6.45) is 0.962. The third-order valence-corrected chi connectivity index (χ3v) is 4.37. The van der Waals surface area contributed by atoms with Crippen molar-refractivity contribution in [3.63, 3.8) is 0 Å². The summed E-state index contributed by atoms with van der Waals surface area (Å²) < 4.78 is 14.6. The molecular weight excluding hydrogens is 404 g/mol. The van der Waals surface area contributed by atoms with Crippen LogP contribution in [0.4, 0.5) is 5.69 Å². The molecule has 0 aliphatic carbocycles. The van der Waals surface area contributed by atoms with E-state index in [2.05, 4.69) is 25.0 Å². The summed E-state index contributed by atoms with van der Waals surface area (Å²) in [6, 6.07) is 13.7. The van der Waals surface area contributed by atoms with Crippen molar-refractivity contribution in [2.24, 2.45) is 0 Å². The van der Waals surface area contributed by atoms with Crippen LogP contribution in [0.5, 0.6) is 0 Å². The molecule has 0 unspecified atom stereocenters. The number of hydrogen-bond acceptors (Lipinski definition) is 9. The van der Waals surface area contributed by atoms with E-state index in [1.165, 1.54) is 25.1 Å². The van der Waals surface area contributed by atoms with Gasteiger partial charge in [-0.15, -0.1) is 15.0 Å². The number of ether oxygens (including phenoxy) is 2. The lowest BCUT2D eigenvalue weighted by molar-refractivity contribution is -0.138. The van der Waals surface area contributed by atoms with Gasteiger partial charge >= 0.3 is 17.6 Å². The van der Waals surface area contributed by atoms with Gasteiger partial charge in [0.1, 0.15) is 22.3 Å². The predicted octanol–water partition coefficient (Wildman–Crippen LogP) is 2.17. The number of methoxy groups -OCH3 is 2. The van der Waals surface area contributed by atoms with Gasteiger partial charge in [0.2, 0.25) is 0 Å². The van der Waals surface area contributed by atoms with Crippen molar-refractivity contribution in [3.05, 3.63) is 70.7 Å². The van der Waals surface area contributed by atoms with E-state index in [0.717, 1.165) is 6.08 Å². The largest absolute Gasteiger partial charge is 0.466 e. The van der Waals surface area contributed by atoms with Gasteiger partial charge in [-0.3, -0.25) is 0 Å². The molecule has 0 fully saturated rings. The first-order valence-corrected chi connectivity index (χ1v) is 9.04. The number of esters is 2. The Morgan fingerprint density at radius 2 is 1.74 bits per heavy atom. The van der Waals surface area contributed by atoms with Gasteiger partial charge in [-0.1, -0.05) is 12.1 Å². The maximum atomic E-state index is 12.5. The van der Waals surface area contributed by atoms with Crippen LogP contribution in [0.1, 0.15) is 0 Å². The van der Waals surface area contributed by atoms with Crippen LogP contribution in [-0.2, 0) is 19.1 Å². The maximum absolute atomic E-state index is 12.5. The van der Waals surface area contributed by atoms with Crippen molar-refractivity contribution in [2.75, 3.05) is 19.5 Å². The van der Waals surface area contributed by atoms with Gasteiger partial charge in [-0.25, -0.2) is 14.4 Å². The first-order valence-electron chi connectivity index (χ1n) is 9.04. The van der Waals surface area contributed by atoms with Crippen molar-refractivity contribution >= 4 is 39.6 Å². The third-order valence-electron chi connectivity index (χ3n) is 4.37. The molecule has 2 heterocycles. The van der Waals surface area contributed by atoms with Gasteiger partial charge < -0.3 is 19.2 Å². The summed E-state index contributed by atoms with van der Waals surface area (Å²) in [5.41, 5.74) is 1.34. The fourth-order valence-electron chi connectivity index (χ4n) is 2.87. The zero-order chi connectivity index (χ0) is 22.0. The Kier molecular flexibility index (Phi) is 5.19. The molecule has 156 valence electrons. The summed E-state index contributed by atoms with van der Waals surface area (Å²) in [4.78, 5) is 37.2. The minimum Gasteiger partial charge on any atom is -0.466 e. The number of nitrogens with one attached hydrogen (secondary N) is 1. The molecule has 2 aromatic heterocycles. The number of fused-ring (bicyclic) bond motifs is 2. The van der Waals surface area contributed by atoms with Gasteiger partial charge in [-0.2, -0.15) is 0 Å². The zero-order valence-electron chi connectivity index (χ0n) is 16.5. The predicted molar refractivity (Wildman–Crippen MR) is 111 cm³/mol. The van der Waals surface area contributed by atoms with E-state index >= 15 is 0 Å². The molecule has 0 aliphatic heterocycles. The first kappa shape index (κ1) is 19.8. The molecule has 1 N–H and O–H groups in total. The molecule has 0 saturated carbocycles. The Bertz CT molecular complexity index is 1370. The zero-order valence-corrected chi connectivity index (χ0v) is 16.5. The molecule has 31 heavy (non-hydrogen) atoms. The Labute approximate surface area is 174 Å². The average molecular weight is 420 g/mol. The van der Waals surface area contributed by atoms with E-state index < -0.39 is 17.6 Å². The maximum Gasteiger partial charge on any atom is 0.364 e. The summed E-state index contributed by atoms with van der Waals surface area (Å²) >= 11 is 0. The SMILES string of the molecule is COC(=O)/C=C(/Nc1ccc2cc(-n3nc4ccccc4n3)c(=O)oc2c1)C(=O)OC. The Balaban J connectivity index is 1.71. The van der Waals surface area contributed by atoms with Crippen LogP contribution in [-0.4, -0.2) is 41.2 Å². The highest BCUT2D eigenvalue weighted by molar-refractivity contribution is 5.99. The lowest BCUT2D eigenvalue weighted by Crippen LogP contribution is -2.15.